The second-order valence-electron chi connectivity index (χ2n) is 26.1. The van der Waals surface area contributed by atoms with E-state index in [1.807, 2.05) is 0 Å². The smallest absolute Gasteiger partial charge is 0.0517 e. The van der Waals surface area contributed by atoms with Crippen LogP contribution in [-0.2, 0) is 17.3 Å². The largest absolute Gasteiger partial charge is 0.334 e. The van der Waals surface area contributed by atoms with E-state index in [2.05, 4.69) is 268 Å². The van der Waals surface area contributed by atoms with Crippen molar-refractivity contribution in [1.29, 1.82) is 0 Å². The zero-order valence-electron chi connectivity index (χ0n) is 48.2. The fourth-order valence-corrected chi connectivity index (χ4v) is 17.6. The predicted octanol–water partition coefficient (Wildman–Crippen LogP) is 22.0. The van der Waals surface area contributed by atoms with Crippen molar-refractivity contribution in [2.24, 2.45) is 0 Å². The number of hydrogen-bond acceptors (Lipinski definition) is 2. The summed E-state index contributed by atoms with van der Waals surface area (Å²) >= 11 is 0. The maximum Gasteiger partial charge on any atom is 0.0517 e. The Morgan fingerprint density at radius 1 is 0.301 bits per heavy atom. The summed E-state index contributed by atoms with van der Waals surface area (Å²) in [6.45, 7) is 10.2. The molecule has 0 N–H and O–H groups in total. The van der Waals surface area contributed by atoms with Crippen molar-refractivity contribution in [3.05, 3.63) is 253 Å². The average Bonchev–Trinajstić information content (AvgIpc) is 2.00. The van der Waals surface area contributed by atoms with Gasteiger partial charge in [-0.15, -0.1) is 0 Å². The Balaban J connectivity index is 0.738. The van der Waals surface area contributed by atoms with Crippen LogP contribution in [-0.4, -0.2) is 11.1 Å². The van der Waals surface area contributed by atoms with Crippen LogP contribution in [0.3, 0.4) is 0 Å². The van der Waals surface area contributed by atoms with Crippen molar-refractivity contribution < 1.29 is 0 Å². The van der Waals surface area contributed by atoms with E-state index in [1.54, 1.807) is 0 Å². The Morgan fingerprint density at radius 3 is 1.22 bits per heavy atom. The van der Waals surface area contributed by atoms with Gasteiger partial charge in [-0.3, -0.25) is 0 Å². The third-order valence-electron chi connectivity index (χ3n) is 22.2. The molecule has 0 radical (unpaired) electrons. The van der Waals surface area contributed by atoms with Gasteiger partial charge in [0.05, 0.1) is 11.1 Å². The van der Waals surface area contributed by atoms with Crippen molar-refractivity contribution in [3.63, 3.8) is 0 Å². The van der Waals surface area contributed by atoms with Gasteiger partial charge in [-0.2, -0.15) is 0 Å². The van der Waals surface area contributed by atoms with Gasteiger partial charge in [0, 0.05) is 33.6 Å². The zero-order chi connectivity index (χ0) is 55.4. The summed E-state index contributed by atoms with van der Waals surface area (Å²) in [6, 6.07) is 88.7. The number of anilines is 4. The lowest BCUT2D eigenvalue weighted by Crippen LogP contribution is -2.54. The van der Waals surface area contributed by atoms with Gasteiger partial charge in [-0.05, 0) is 228 Å². The molecule has 2 fully saturated rings. The first-order valence-corrected chi connectivity index (χ1v) is 30.8. The van der Waals surface area contributed by atoms with E-state index in [1.165, 1.54) is 195 Å². The van der Waals surface area contributed by atoms with E-state index in [0.717, 1.165) is 6.42 Å². The molecule has 0 amide bonds. The van der Waals surface area contributed by atoms with Gasteiger partial charge in [0.15, 0.2) is 0 Å². The topological polar surface area (TPSA) is 6.48 Å². The van der Waals surface area contributed by atoms with Crippen LogP contribution in [0, 0.1) is 0 Å². The maximum absolute atomic E-state index is 2.68. The molecule has 4 atom stereocenters. The molecule has 4 unspecified atom stereocenters. The third kappa shape index (κ3) is 6.78. The molecule has 3 aliphatic carbocycles. The van der Waals surface area contributed by atoms with Crippen molar-refractivity contribution in [2.45, 2.75) is 107 Å². The van der Waals surface area contributed by atoms with Gasteiger partial charge < -0.3 is 9.80 Å². The van der Waals surface area contributed by atoms with Crippen LogP contribution >= 0.6 is 0 Å². The monoisotopic (exact) mass is 1070 g/mol. The van der Waals surface area contributed by atoms with E-state index in [4.69, 9.17) is 0 Å². The van der Waals surface area contributed by atoms with E-state index in [9.17, 15) is 0 Å². The highest BCUT2D eigenvalue weighted by atomic mass is 15.3. The molecule has 0 saturated heterocycles. The maximum atomic E-state index is 2.68. The highest BCUT2D eigenvalue weighted by molar-refractivity contribution is 6.19. The van der Waals surface area contributed by atoms with Crippen LogP contribution in [0.2, 0.25) is 0 Å². The van der Waals surface area contributed by atoms with E-state index in [0.29, 0.717) is 0 Å². The minimum Gasteiger partial charge on any atom is -0.334 e. The molecule has 12 aromatic carbocycles. The second-order valence-corrected chi connectivity index (χ2v) is 26.1. The SMILES string of the molecule is CC12CCCCC1(C)N(c1ccccc1)c1ccc(-c3cccc4c(-c5ccc6c(c5)-c5c(c7ccc(-c8cccc9c(-c%10ccc%11c(c%10)C%10(C)CCCCC%10(C)N%11c%10ccccc%10)cccc89)cc7c7ccccc57)C6)cccc34)cc12. The third-order valence-corrected chi connectivity index (χ3v) is 22.2. The Morgan fingerprint density at radius 2 is 0.711 bits per heavy atom. The molecule has 2 saturated carbocycles. The number of nitrogens with zero attached hydrogens (tertiary/aromatic N) is 2. The van der Waals surface area contributed by atoms with Crippen LogP contribution in [0.15, 0.2) is 231 Å². The van der Waals surface area contributed by atoms with Gasteiger partial charge >= 0.3 is 0 Å². The van der Waals surface area contributed by atoms with Crippen molar-refractivity contribution >= 4 is 65.8 Å². The van der Waals surface area contributed by atoms with E-state index < -0.39 is 0 Å². The number of hydrogen-bond donors (Lipinski definition) is 0. The van der Waals surface area contributed by atoms with Crippen molar-refractivity contribution in [2.75, 3.05) is 9.80 Å². The first-order chi connectivity index (χ1) is 40.6. The molecule has 83 heavy (non-hydrogen) atoms. The van der Waals surface area contributed by atoms with Crippen molar-refractivity contribution in [3.8, 4) is 55.6 Å². The van der Waals surface area contributed by atoms with Gasteiger partial charge in [0.2, 0.25) is 0 Å². The summed E-state index contributed by atoms with van der Waals surface area (Å²) in [5.74, 6) is 0. The lowest BCUT2D eigenvalue weighted by Gasteiger charge is -2.50. The van der Waals surface area contributed by atoms with Crippen LogP contribution in [0.1, 0.15) is 101 Å². The number of para-hydroxylation sites is 2. The summed E-state index contributed by atoms with van der Waals surface area (Å²) in [6.07, 6.45) is 10.8. The summed E-state index contributed by atoms with van der Waals surface area (Å²) in [5, 5.41) is 10.5. The number of fused-ring (bicyclic) bond motifs is 16. The first-order valence-electron chi connectivity index (χ1n) is 30.8. The molecule has 2 nitrogen and oxygen atoms in total. The van der Waals surface area contributed by atoms with Crippen molar-refractivity contribution in [1.82, 2.24) is 0 Å². The number of rotatable bonds is 6. The summed E-state index contributed by atoms with van der Waals surface area (Å²) in [4.78, 5) is 5.36. The summed E-state index contributed by atoms with van der Waals surface area (Å²) in [5.41, 5.74) is 24.3. The number of benzene rings is 12. The highest BCUT2D eigenvalue weighted by Crippen LogP contribution is 2.63. The highest BCUT2D eigenvalue weighted by Gasteiger charge is 2.59. The molecular formula is C81H68N2. The van der Waals surface area contributed by atoms with Crippen LogP contribution in [0.25, 0.3) is 98.7 Å². The van der Waals surface area contributed by atoms with Gasteiger partial charge in [-0.25, -0.2) is 0 Å². The van der Waals surface area contributed by atoms with E-state index in [-0.39, 0.29) is 21.9 Å². The summed E-state index contributed by atoms with van der Waals surface area (Å²) < 4.78 is 0. The minimum atomic E-state index is 0.0166. The first kappa shape index (κ1) is 48.9. The molecule has 0 bridgehead atoms. The molecule has 17 rings (SSSR count). The van der Waals surface area contributed by atoms with E-state index >= 15 is 0 Å². The van der Waals surface area contributed by atoms with Crippen LogP contribution in [0.5, 0.6) is 0 Å². The zero-order valence-corrected chi connectivity index (χ0v) is 48.2. The van der Waals surface area contributed by atoms with Gasteiger partial charge in [-0.1, -0.05) is 209 Å². The molecule has 2 heteroatoms. The molecular weight excluding hydrogens is 1000 g/mol. The Kier molecular flexibility index (Phi) is 10.5. The van der Waals surface area contributed by atoms with Gasteiger partial charge in [0.1, 0.15) is 0 Å². The van der Waals surface area contributed by atoms with Crippen LogP contribution in [0.4, 0.5) is 22.7 Å². The molecule has 0 aromatic heterocycles. The standard InChI is InChI=1S/C81H68N2/c1-78-43-13-15-45-80(78,3)82(57-21-7-5-8-22-57)75-41-38-55(50-73(75)78)61-29-19-31-63-59(27-17-33-65(61)63)52-35-36-54-49-72-68-40-37-53(48-71(68)67-25-11-12-26-69(67)77(72)70(54)47-52)60-28-18-34-66-62(30-20-32-64(60)66)56-39-42-76-74(51-56)79(2)44-14-16-46-81(79,4)83(76)58-23-9-6-10-24-58/h5-12,17-42,47-48,50-51H,13-16,43-46,49H2,1-4H3. The minimum absolute atomic E-state index is 0.0166. The molecule has 2 aliphatic heterocycles. The molecule has 12 aromatic rings. The Hall–Kier alpha value is -8.72. The molecule has 2 heterocycles. The second kappa shape index (κ2) is 17.9. The van der Waals surface area contributed by atoms with Crippen LogP contribution < -0.4 is 9.80 Å². The molecule has 0 spiro atoms. The lowest BCUT2D eigenvalue weighted by atomic mass is 9.61. The molecule has 402 valence electrons. The predicted molar refractivity (Wildman–Crippen MR) is 352 cm³/mol. The summed E-state index contributed by atoms with van der Waals surface area (Å²) in [7, 11) is 0. The van der Waals surface area contributed by atoms with Gasteiger partial charge in [0.25, 0.3) is 0 Å². The Bertz CT molecular complexity index is 4690. The Labute approximate surface area is 488 Å². The average molecular weight is 1070 g/mol. The molecule has 5 aliphatic rings. The quantitative estimate of drug-likeness (QED) is 0.153. The lowest BCUT2D eigenvalue weighted by molar-refractivity contribution is 0.195. The fourth-order valence-electron chi connectivity index (χ4n) is 17.6. The fraction of sp³-hybridized carbons (Fsp3) is 0.210. The normalized spacial score (nSPS) is 22.2.